The monoisotopic (exact) mass is 232 g/mol. The molecule has 2 aromatic rings. The fourth-order valence-electron chi connectivity index (χ4n) is 1.58. The zero-order valence-corrected chi connectivity index (χ0v) is 9.27. The lowest BCUT2D eigenvalue weighted by Crippen LogP contribution is -1.89. The first-order valence-corrected chi connectivity index (χ1v) is 5.31. The minimum atomic E-state index is -0.708. The van der Waals surface area contributed by atoms with Crippen molar-refractivity contribution in [3.05, 3.63) is 72.0 Å². The molecule has 1 aromatic heterocycles. The maximum atomic E-state index is 12.7. The smallest absolute Gasteiger partial charge is 0.123 e. The summed E-state index contributed by atoms with van der Waals surface area (Å²) in [6, 6.07) is 8.02. The standard InChI is InChI=1S/C14H13FO2/c1-2-14(16)11-8-13(17-9-11)7-10-3-5-12(15)6-4-10/h2-6,8-9,14,16H,1,7H2. The van der Waals surface area contributed by atoms with Gasteiger partial charge >= 0.3 is 0 Å². The first kappa shape index (κ1) is 11.6. The molecule has 17 heavy (non-hydrogen) atoms. The van der Waals surface area contributed by atoms with Gasteiger partial charge in [-0.25, -0.2) is 4.39 Å². The molecule has 1 unspecified atom stereocenters. The molecule has 0 aliphatic carbocycles. The summed E-state index contributed by atoms with van der Waals surface area (Å²) in [5, 5.41) is 9.52. The van der Waals surface area contributed by atoms with Crippen LogP contribution in [0.25, 0.3) is 0 Å². The van der Waals surface area contributed by atoms with Gasteiger partial charge in [0.05, 0.1) is 12.4 Å². The number of aliphatic hydroxyl groups excluding tert-OH is 1. The van der Waals surface area contributed by atoms with Gasteiger partial charge in [0, 0.05) is 12.0 Å². The summed E-state index contributed by atoms with van der Waals surface area (Å²) in [7, 11) is 0. The Bertz CT molecular complexity index is 499. The first-order valence-electron chi connectivity index (χ1n) is 5.31. The highest BCUT2D eigenvalue weighted by Crippen LogP contribution is 2.19. The summed E-state index contributed by atoms with van der Waals surface area (Å²) in [4.78, 5) is 0. The molecule has 0 bridgehead atoms. The summed E-state index contributed by atoms with van der Waals surface area (Å²) in [6.45, 7) is 3.51. The van der Waals surface area contributed by atoms with Crippen LogP contribution < -0.4 is 0 Å². The second-order valence-corrected chi connectivity index (χ2v) is 3.83. The number of hydrogen-bond acceptors (Lipinski definition) is 2. The van der Waals surface area contributed by atoms with Crippen molar-refractivity contribution < 1.29 is 13.9 Å². The van der Waals surface area contributed by atoms with E-state index < -0.39 is 6.10 Å². The van der Waals surface area contributed by atoms with Crippen LogP contribution in [0.3, 0.4) is 0 Å². The fourth-order valence-corrected chi connectivity index (χ4v) is 1.58. The molecule has 0 radical (unpaired) electrons. The van der Waals surface area contributed by atoms with Gasteiger partial charge in [-0.1, -0.05) is 18.2 Å². The first-order chi connectivity index (χ1) is 8.19. The van der Waals surface area contributed by atoms with Crippen LogP contribution in [-0.4, -0.2) is 5.11 Å². The van der Waals surface area contributed by atoms with Crippen molar-refractivity contribution in [2.24, 2.45) is 0 Å². The maximum absolute atomic E-state index is 12.7. The minimum absolute atomic E-state index is 0.254. The van der Waals surface area contributed by atoms with Crippen LogP contribution in [-0.2, 0) is 6.42 Å². The van der Waals surface area contributed by atoms with Gasteiger partial charge in [-0.15, -0.1) is 6.58 Å². The van der Waals surface area contributed by atoms with E-state index in [-0.39, 0.29) is 5.82 Å². The number of furan rings is 1. The van der Waals surface area contributed by atoms with E-state index in [1.807, 2.05) is 0 Å². The Labute approximate surface area is 99.0 Å². The molecule has 0 fully saturated rings. The molecule has 0 amide bonds. The van der Waals surface area contributed by atoms with Crippen molar-refractivity contribution in [2.75, 3.05) is 0 Å². The summed E-state index contributed by atoms with van der Waals surface area (Å²) in [6.07, 6.45) is 2.81. The highest BCUT2D eigenvalue weighted by molar-refractivity contribution is 5.25. The maximum Gasteiger partial charge on any atom is 0.123 e. The molecule has 1 atom stereocenters. The lowest BCUT2D eigenvalue weighted by Gasteiger charge is -1.98. The van der Waals surface area contributed by atoms with Gasteiger partial charge in [0.25, 0.3) is 0 Å². The van der Waals surface area contributed by atoms with Gasteiger partial charge in [0.1, 0.15) is 11.6 Å². The number of rotatable bonds is 4. The van der Waals surface area contributed by atoms with Gasteiger partial charge in [-0.2, -0.15) is 0 Å². The molecular weight excluding hydrogens is 219 g/mol. The molecule has 0 aliphatic rings. The highest BCUT2D eigenvalue weighted by Gasteiger charge is 2.08. The van der Waals surface area contributed by atoms with Crippen molar-refractivity contribution in [1.82, 2.24) is 0 Å². The Balaban J connectivity index is 2.11. The minimum Gasteiger partial charge on any atom is -0.469 e. The van der Waals surface area contributed by atoms with Crippen molar-refractivity contribution in [3.8, 4) is 0 Å². The fraction of sp³-hybridized carbons (Fsp3) is 0.143. The third kappa shape index (κ3) is 2.82. The molecule has 2 rings (SSSR count). The second kappa shape index (κ2) is 4.97. The molecule has 88 valence electrons. The van der Waals surface area contributed by atoms with Crippen molar-refractivity contribution in [3.63, 3.8) is 0 Å². The van der Waals surface area contributed by atoms with Crippen LogP contribution in [0.2, 0.25) is 0 Å². The Morgan fingerprint density at radius 2 is 2.06 bits per heavy atom. The summed E-state index contributed by atoms with van der Waals surface area (Å²) >= 11 is 0. The van der Waals surface area contributed by atoms with E-state index in [9.17, 15) is 9.50 Å². The van der Waals surface area contributed by atoms with E-state index in [2.05, 4.69) is 6.58 Å². The summed E-state index contributed by atoms with van der Waals surface area (Å²) < 4.78 is 18.0. The average Bonchev–Trinajstić information content (AvgIpc) is 2.80. The normalized spacial score (nSPS) is 12.4. The van der Waals surface area contributed by atoms with Gasteiger partial charge in [0.2, 0.25) is 0 Å². The molecule has 1 aromatic carbocycles. The SMILES string of the molecule is C=CC(O)c1coc(Cc2ccc(F)cc2)c1. The Kier molecular flexibility index (Phi) is 3.40. The molecule has 2 nitrogen and oxygen atoms in total. The number of hydrogen-bond donors (Lipinski definition) is 1. The third-order valence-corrected chi connectivity index (χ3v) is 2.53. The predicted octanol–water partition coefficient (Wildman–Crippen LogP) is 3.23. The van der Waals surface area contributed by atoms with E-state index >= 15 is 0 Å². The molecular formula is C14H13FO2. The molecule has 1 heterocycles. The topological polar surface area (TPSA) is 33.4 Å². The second-order valence-electron chi connectivity index (χ2n) is 3.83. The highest BCUT2D eigenvalue weighted by atomic mass is 19.1. The van der Waals surface area contributed by atoms with Gasteiger partial charge in [-0.05, 0) is 23.8 Å². The molecule has 0 saturated carbocycles. The predicted molar refractivity (Wildman–Crippen MR) is 63.1 cm³/mol. The van der Waals surface area contributed by atoms with E-state index in [1.165, 1.54) is 24.5 Å². The Hall–Kier alpha value is -1.87. The van der Waals surface area contributed by atoms with E-state index in [0.717, 1.165) is 11.3 Å². The van der Waals surface area contributed by atoms with Crippen molar-refractivity contribution in [2.45, 2.75) is 12.5 Å². The summed E-state index contributed by atoms with van der Waals surface area (Å²) in [5.74, 6) is 0.475. The van der Waals surface area contributed by atoms with Crippen LogP contribution in [0.1, 0.15) is 23.0 Å². The zero-order chi connectivity index (χ0) is 12.3. The van der Waals surface area contributed by atoms with E-state index in [0.29, 0.717) is 12.0 Å². The van der Waals surface area contributed by atoms with Crippen LogP contribution in [0, 0.1) is 5.82 Å². The van der Waals surface area contributed by atoms with Gasteiger partial charge < -0.3 is 9.52 Å². The van der Waals surface area contributed by atoms with Crippen molar-refractivity contribution in [1.29, 1.82) is 0 Å². The number of aliphatic hydroxyl groups is 1. The van der Waals surface area contributed by atoms with E-state index in [4.69, 9.17) is 4.42 Å². The number of benzene rings is 1. The van der Waals surface area contributed by atoms with Crippen LogP contribution in [0.4, 0.5) is 4.39 Å². The largest absolute Gasteiger partial charge is 0.469 e. The lowest BCUT2D eigenvalue weighted by atomic mass is 10.1. The van der Waals surface area contributed by atoms with E-state index in [1.54, 1.807) is 18.2 Å². The molecule has 0 aliphatic heterocycles. The molecule has 0 spiro atoms. The lowest BCUT2D eigenvalue weighted by molar-refractivity contribution is 0.228. The zero-order valence-electron chi connectivity index (χ0n) is 9.27. The molecule has 0 saturated heterocycles. The van der Waals surface area contributed by atoms with Crippen LogP contribution in [0.15, 0.2) is 53.7 Å². The third-order valence-electron chi connectivity index (χ3n) is 2.53. The Morgan fingerprint density at radius 3 is 2.71 bits per heavy atom. The van der Waals surface area contributed by atoms with Gasteiger partial charge in [0.15, 0.2) is 0 Å². The number of halogens is 1. The van der Waals surface area contributed by atoms with Gasteiger partial charge in [-0.3, -0.25) is 0 Å². The molecule has 1 N–H and O–H groups in total. The van der Waals surface area contributed by atoms with Crippen LogP contribution in [0.5, 0.6) is 0 Å². The average molecular weight is 232 g/mol. The summed E-state index contributed by atoms with van der Waals surface area (Å²) in [5.41, 5.74) is 1.64. The quantitative estimate of drug-likeness (QED) is 0.821. The van der Waals surface area contributed by atoms with Crippen molar-refractivity contribution >= 4 is 0 Å². The Morgan fingerprint density at radius 1 is 1.35 bits per heavy atom. The molecule has 3 heteroatoms. The van der Waals surface area contributed by atoms with Crippen LogP contribution >= 0.6 is 0 Å².